The van der Waals surface area contributed by atoms with Crippen molar-refractivity contribution in [3.63, 3.8) is 0 Å². The van der Waals surface area contributed by atoms with Crippen LogP contribution in [0.2, 0.25) is 0 Å². The molecule has 3 rings (SSSR count). The number of nitrogens with zero attached hydrogens (tertiary/aromatic N) is 3. The molecule has 0 saturated carbocycles. The van der Waals surface area contributed by atoms with Gasteiger partial charge in [0.25, 0.3) is 0 Å². The highest BCUT2D eigenvalue weighted by Gasteiger charge is 2.23. The molecule has 1 aliphatic heterocycles. The van der Waals surface area contributed by atoms with E-state index in [-0.39, 0.29) is 0 Å². The third-order valence-electron chi connectivity index (χ3n) is 5.66. The van der Waals surface area contributed by atoms with Gasteiger partial charge in [-0.1, -0.05) is 19.1 Å². The normalized spacial score (nSPS) is 16.2. The molecule has 1 aliphatic rings. The largest absolute Gasteiger partial charge is 0.493 e. The smallest absolute Gasteiger partial charge is 0.203 e. The van der Waals surface area contributed by atoms with Crippen LogP contribution in [0.3, 0.4) is 0 Å². The highest BCUT2D eigenvalue weighted by atomic mass is 32.1. The Morgan fingerprint density at radius 1 is 1.06 bits per heavy atom. The van der Waals surface area contributed by atoms with E-state index in [4.69, 9.17) is 14.2 Å². The zero-order chi connectivity index (χ0) is 22.2. The fourth-order valence-corrected chi connectivity index (χ4v) is 4.68. The lowest BCUT2D eigenvalue weighted by molar-refractivity contribution is 0.170. The Labute approximate surface area is 189 Å². The van der Waals surface area contributed by atoms with Crippen molar-refractivity contribution >= 4 is 17.3 Å². The molecule has 8 heteroatoms. The number of benzene rings is 1. The quantitative estimate of drug-likeness (QED) is 0.496. The number of hydrogen-bond acceptors (Lipinski definition) is 6. The van der Waals surface area contributed by atoms with Crippen molar-refractivity contribution in [3.05, 3.63) is 40.1 Å². The van der Waals surface area contributed by atoms with Crippen molar-refractivity contribution in [3.8, 4) is 17.2 Å². The van der Waals surface area contributed by atoms with E-state index in [1.807, 2.05) is 24.5 Å². The molecule has 0 radical (unpaired) electrons. The summed E-state index contributed by atoms with van der Waals surface area (Å²) in [4.78, 5) is 10.7. The molecule has 7 nitrogen and oxygen atoms in total. The first-order valence-corrected chi connectivity index (χ1v) is 11.5. The van der Waals surface area contributed by atoms with Gasteiger partial charge >= 0.3 is 0 Å². The Balaban J connectivity index is 1.55. The lowest BCUT2D eigenvalue weighted by atomic mass is 10.1. The van der Waals surface area contributed by atoms with Crippen LogP contribution < -0.4 is 19.5 Å². The van der Waals surface area contributed by atoms with Gasteiger partial charge in [0, 0.05) is 62.7 Å². The van der Waals surface area contributed by atoms with Crippen molar-refractivity contribution in [1.82, 2.24) is 15.1 Å². The molecule has 1 aromatic carbocycles. The first kappa shape index (κ1) is 23.2. The van der Waals surface area contributed by atoms with Crippen LogP contribution in [0.4, 0.5) is 0 Å². The zero-order valence-electron chi connectivity index (χ0n) is 19.2. The van der Waals surface area contributed by atoms with E-state index in [0.29, 0.717) is 17.4 Å². The number of hydrogen-bond donors (Lipinski definition) is 1. The molecular formula is C23H34N4O3S. The van der Waals surface area contributed by atoms with E-state index in [9.17, 15) is 0 Å². The predicted octanol–water partition coefficient (Wildman–Crippen LogP) is 3.27. The number of ether oxygens (including phenoxy) is 3. The molecule has 0 aliphatic carbocycles. The summed E-state index contributed by atoms with van der Waals surface area (Å²) >= 11 is 1.81. The Hall–Kier alpha value is -2.45. The minimum Gasteiger partial charge on any atom is -0.493 e. The summed E-state index contributed by atoms with van der Waals surface area (Å²) in [6, 6.07) is 8.30. The molecule has 1 fully saturated rings. The van der Waals surface area contributed by atoms with Gasteiger partial charge in [0.15, 0.2) is 17.5 Å². The summed E-state index contributed by atoms with van der Waals surface area (Å²) in [5.41, 5.74) is 1.10. The molecule has 1 aromatic heterocycles. The number of rotatable bonds is 8. The van der Waals surface area contributed by atoms with E-state index in [1.54, 1.807) is 21.3 Å². The minimum atomic E-state index is 0.468. The minimum absolute atomic E-state index is 0.468. The van der Waals surface area contributed by atoms with E-state index in [0.717, 1.165) is 56.5 Å². The van der Waals surface area contributed by atoms with Crippen molar-refractivity contribution in [2.45, 2.75) is 19.4 Å². The van der Waals surface area contributed by atoms with E-state index in [1.165, 1.54) is 4.88 Å². The van der Waals surface area contributed by atoms with Crippen molar-refractivity contribution in [2.24, 2.45) is 4.99 Å². The van der Waals surface area contributed by atoms with Crippen LogP contribution >= 0.6 is 11.3 Å². The standard InChI is InChI=1S/C23H34N4O3S/c1-17(20-7-6-14-31-20)15-25-23(24-2)27-12-10-26(11-13-27)16-18-8-9-19(28-3)22(30-5)21(18)29-4/h6-9,14,17H,10-13,15-16H2,1-5H3,(H,24,25). The Bertz CT molecular complexity index is 849. The summed E-state index contributed by atoms with van der Waals surface area (Å²) in [6.45, 7) is 7.72. The molecule has 1 saturated heterocycles. The monoisotopic (exact) mass is 446 g/mol. The number of methoxy groups -OCH3 is 3. The molecule has 2 heterocycles. The van der Waals surface area contributed by atoms with Gasteiger partial charge in [0.05, 0.1) is 21.3 Å². The molecule has 1 N–H and O–H groups in total. The highest BCUT2D eigenvalue weighted by Crippen LogP contribution is 2.40. The molecule has 0 spiro atoms. The third kappa shape index (κ3) is 5.62. The second-order valence-electron chi connectivity index (χ2n) is 7.60. The highest BCUT2D eigenvalue weighted by molar-refractivity contribution is 7.10. The van der Waals surface area contributed by atoms with Crippen LogP contribution in [0.15, 0.2) is 34.6 Å². The second kappa shape index (κ2) is 11.2. The van der Waals surface area contributed by atoms with Crippen LogP contribution in [0.25, 0.3) is 0 Å². The first-order valence-electron chi connectivity index (χ1n) is 10.6. The topological polar surface area (TPSA) is 58.6 Å². The number of aliphatic imine (C=N–C) groups is 1. The lowest BCUT2D eigenvalue weighted by Crippen LogP contribution is -2.52. The Morgan fingerprint density at radius 2 is 1.81 bits per heavy atom. The first-order chi connectivity index (χ1) is 15.1. The lowest BCUT2D eigenvalue weighted by Gasteiger charge is -2.37. The number of thiophene rings is 1. The average molecular weight is 447 g/mol. The molecular weight excluding hydrogens is 412 g/mol. The second-order valence-corrected chi connectivity index (χ2v) is 8.58. The van der Waals surface area contributed by atoms with Crippen LogP contribution in [-0.4, -0.2) is 76.9 Å². The zero-order valence-corrected chi connectivity index (χ0v) is 20.0. The van der Waals surface area contributed by atoms with E-state index < -0.39 is 0 Å². The van der Waals surface area contributed by atoms with Gasteiger partial charge in [0.2, 0.25) is 5.75 Å². The van der Waals surface area contributed by atoms with Crippen molar-refractivity contribution in [1.29, 1.82) is 0 Å². The summed E-state index contributed by atoms with van der Waals surface area (Å²) < 4.78 is 16.6. The van der Waals surface area contributed by atoms with E-state index >= 15 is 0 Å². The molecule has 0 bridgehead atoms. The van der Waals surface area contributed by atoms with Gasteiger partial charge in [-0.25, -0.2) is 0 Å². The average Bonchev–Trinajstić information content (AvgIpc) is 3.35. The van der Waals surface area contributed by atoms with Crippen LogP contribution in [-0.2, 0) is 6.54 Å². The Morgan fingerprint density at radius 3 is 2.39 bits per heavy atom. The number of nitrogens with one attached hydrogen (secondary N) is 1. The predicted molar refractivity (Wildman–Crippen MR) is 127 cm³/mol. The fourth-order valence-electron chi connectivity index (χ4n) is 3.90. The molecule has 170 valence electrons. The SMILES string of the molecule is CN=C(NCC(C)c1cccs1)N1CCN(Cc2ccc(OC)c(OC)c2OC)CC1. The molecule has 0 amide bonds. The van der Waals surface area contributed by atoms with Gasteiger partial charge in [-0.15, -0.1) is 11.3 Å². The summed E-state index contributed by atoms with van der Waals surface area (Å²) in [6.07, 6.45) is 0. The maximum Gasteiger partial charge on any atom is 0.203 e. The summed E-state index contributed by atoms with van der Waals surface area (Å²) in [5, 5.41) is 5.68. The van der Waals surface area contributed by atoms with Crippen molar-refractivity contribution < 1.29 is 14.2 Å². The fraction of sp³-hybridized carbons (Fsp3) is 0.522. The van der Waals surface area contributed by atoms with Gasteiger partial charge in [-0.3, -0.25) is 9.89 Å². The number of guanidine groups is 1. The molecule has 1 unspecified atom stereocenters. The van der Waals surface area contributed by atoms with E-state index in [2.05, 4.69) is 50.6 Å². The number of piperazine rings is 1. The summed E-state index contributed by atoms with van der Waals surface area (Å²) in [5.74, 6) is 3.51. The van der Waals surface area contributed by atoms with Gasteiger partial charge in [0.1, 0.15) is 0 Å². The van der Waals surface area contributed by atoms with Gasteiger partial charge in [-0.05, 0) is 17.5 Å². The van der Waals surface area contributed by atoms with Gasteiger partial charge in [-0.2, -0.15) is 0 Å². The Kier molecular flexibility index (Phi) is 8.43. The third-order valence-corrected chi connectivity index (χ3v) is 6.76. The molecule has 1 atom stereocenters. The van der Waals surface area contributed by atoms with Gasteiger partial charge < -0.3 is 24.4 Å². The summed E-state index contributed by atoms with van der Waals surface area (Å²) in [7, 11) is 6.81. The molecule has 31 heavy (non-hydrogen) atoms. The maximum atomic E-state index is 5.64. The van der Waals surface area contributed by atoms with Crippen molar-refractivity contribution in [2.75, 3.05) is 61.1 Å². The van der Waals surface area contributed by atoms with Crippen LogP contribution in [0.1, 0.15) is 23.3 Å². The maximum absolute atomic E-state index is 5.64. The van der Waals surface area contributed by atoms with Crippen LogP contribution in [0.5, 0.6) is 17.2 Å². The van der Waals surface area contributed by atoms with Crippen LogP contribution in [0, 0.1) is 0 Å². The molecule has 2 aromatic rings.